The van der Waals surface area contributed by atoms with Crippen LogP contribution in [-0.2, 0) is 0 Å². The van der Waals surface area contributed by atoms with Crippen LogP contribution in [0.25, 0.3) is 0 Å². The van der Waals surface area contributed by atoms with E-state index in [1.807, 2.05) is 25.1 Å². The van der Waals surface area contributed by atoms with Crippen molar-refractivity contribution in [2.75, 3.05) is 11.6 Å². The van der Waals surface area contributed by atoms with Gasteiger partial charge in [-0.15, -0.1) is 0 Å². The van der Waals surface area contributed by atoms with Gasteiger partial charge in [-0.2, -0.15) is 0 Å². The molecule has 0 radical (unpaired) electrons. The molecule has 0 heterocycles. The van der Waals surface area contributed by atoms with Crippen molar-refractivity contribution < 1.29 is 0 Å². The lowest BCUT2D eigenvalue weighted by atomic mass is 10.2. The number of benzene rings is 1. The van der Waals surface area contributed by atoms with E-state index in [2.05, 4.69) is 13.0 Å². The van der Waals surface area contributed by atoms with Crippen LogP contribution in [0, 0.1) is 6.92 Å². The molecule has 1 aromatic carbocycles. The van der Waals surface area contributed by atoms with Crippen LogP contribution in [-0.4, -0.2) is 6.54 Å². The van der Waals surface area contributed by atoms with Crippen LogP contribution in [0.1, 0.15) is 12.5 Å². The number of aryl methyl sites for hydroxylation is 1. The molecule has 0 bridgehead atoms. The van der Waals surface area contributed by atoms with Gasteiger partial charge in [0, 0.05) is 6.54 Å². The van der Waals surface area contributed by atoms with Crippen LogP contribution in [0.2, 0.25) is 0 Å². The first-order chi connectivity index (χ1) is 5.25. The Labute approximate surface area is 67.6 Å². The van der Waals surface area contributed by atoms with E-state index >= 15 is 0 Å². The molecule has 0 aliphatic rings. The average molecular weight is 150 g/mol. The minimum atomic E-state index is 0.838. The smallest absolute Gasteiger partial charge is 0.0546 e. The molecule has 0 spiro atoms. The van der Waals surface area contributed by atoms with E-state index in [0.29, 0.717) is 0 Å². The lowest BCUT2D eigenvalue weighted by Crippen LogP contribution is -2.30. The number of para-hydroxylation sites is 1. The van der Waals surface area contributed by atoms with E-state index in [9.17, 15) is 0 Å². The maximum absolute atomic E-state index is 5.73. The second-order valence-electron chi connectivity index (χ2n) is 2.57. The van der Waals surface area contributed by atoms with Crippen molar-refractivity contribution in [3.8, 4) is 0 Å². The minimum absolute atomic E-state index is 0.838. The minimum Gasteiger partial charge on any atom is -0.311 e. The molecule has 2 N–H and O–H groups in total. The number of nitrogens with two attached hydrogens (primary N) is 1. The Morgan fingerprint density at radius 1 is 1.36 bits per heavy atom. The lowest BCUT2D eigenvalue weighted by Gasteiger charge is -2.17. The maximum Gasteiger partial charge on any atom is 0.0546 e. The molecule has 1 aromatic rings. The molecule has 0 saturated heterocycles. The molecule has 0 aliphatic heterocycles. The summed E-state index contributed by atoms with van der Waals surface area (Å²) < 4.78 is 0. The molecule has 0 fully saturated rings. The quantitative estimate of drug-likeness (QED) is 0.513. The predicted molar refractivity (Wildman–Crippen MR) is 48.4 cm³/mol. The largest absolute Gasteiger partial charge is 0.311 e. The third-order valence-electron chi connectivity index (χ3n) is 1.77. The van der Waals surface area contributed by atoms with E-state index in [4.69, 9.17) is 5.84 Å². The number of hydrogen-bond acceptors (Lipinski definition) is 2. The molecule has 11 heavy (non-hydrogen) atoms. The SMILES string of the molecule is CCN(N)c1ccccc1C. The van der Waals surface area contributed by atoms with Crippen LogP contribution in [0.4, 0.5) is 5.69 Å². The second-order valence-corrected chi connectivity index (χ2v) is 2.57. The first-order valence-corrected chi connectivity index (χ1v) is 3.83. The van der Waals surface area contributed by atoms with Crippen LogP contribution in [0.3, 0.4) is 0 Å². The molecule has 2 nitrogen and oxygen atoms in total. The fourth-order valence-corrected chi connectivity index (χ4v) is 1.06. The number of hydrazine groups is 1. The van der Waals surface area contributed by atoms with Crippen molar-refractivity contribution in [3.05, 3.63) is 29.8 Å². The van der Waals surface area contributed by atoms with Gasteiger partial charge in [0.15, 0.2) is 0 Å². The van der Waals surface area contributed by atoms with Crippen molar-refractivity contribution in [3.63, 3.8) is 0 Å². The lowest BCUT2D eigenvalue weighted by molar-refractivity contribution is 0.887. The van der Waals surface area contributed by atoms with Crippen LogP contribution >= 0.6 is 0 Å². The number of anilines is 1. The van der Waals surface area contributed by atoms with E-state index in [0.717, 1.165) is 12.2 Å². The van der Waals surface area contributed by atoms with Gasteiger partial charge < -0.3 is 5.01 Å². The fourth-order valence-electron chi connectivity index (χ4n) is 1.06. The zero-order valence-corrected chi connectivity index (χ0v) is 7.04. The summed E-state index contributed by atoms with van der Waals surface area (Å²) in [5, 5.41) is 1.75. The van der Waals surface area contributed by atoms with Crippen molar-refractivity contribution in [1.82, 2.24) is 0 Å². The topological polar surface area (TPSA) is 29.3 Å². The zero-order chi connectivity index (χ0) is 8.27. The molecule has 1 rings (SSSR count). The van der Waals surface area contributed by atoms with Gasteiger partial charge in [0.05, 0.1) is 5.69 Å². The summed E-state index contributed by atoms with van der Waals surface area (Å²) in [6.07, 6.45) is 0. The van der Waals surface area contributed by atoms with Gasteiger partial charge in [-0.25, -0.2) is 5.84 Å². The summed E-state index contributed by atoms with van der Waals surface area (Å²) in [6, 6.07) is 8.10. The predicted octanol–water partition coefficient (Wildman–Crippen LogP) is 1.70. The molecular formula is C9H14N2. The fraction of sp³-hybridized carbons (Fsp3) is 0.333. The Bertz CT molecular complexity index is 233. The third kappa shape index (κ3) is 1.71. The van der Waals surface area contributed by atoms with Gasteiger partial charge in [0.2, 0.25) is 0 Å². The highest BCUT2D eigenvalue weighted by atomic mass is 15.4. The average Bonchev–Trinajstić information content (AvgIpc) is 2.04. The van der Waals surface area contributed by atoms with E-state index in [1.54, 1.807) is 5.01 Å². The number of rotatable bonds is 2. The summed E-state index contributed by atoms with van der Waals surface area (Å²) in [4.78, 5) is 0. The molecule has 0 atom stereocenters. The molecule has 0 aliphatic carbocycles. The zero-order valence-electron chi connectivity index (χ0n) is 7.04. The molecule has 0 saturated carbocycles. The molecule has 60 valence electrons. The summed E-state index contributed by atoms with van der Waals surface area (Å²) in [7, 11) is 0. The Morgan fingerprint density at radius 2 is 2.00 bits per heavy atom. The Balaban J connectivity index is 2.93. The van der Waals surface area contributed by atoms with Crippen LogP contribution in [0.5, 0.6) is 0 Å². The Kier molecular flexibility index (Phi) is 2.49. The summed E-state index contributed by atoms with van der Waals surface area (Å²) in [6.45, 7) is 4.93. The first-order valence-electron chi connectivity index (χ1n) is 3.83. The summed E-state index contributed by atoms with van der Waals surface area (Å²) >= 11 is 0. The van der Waals surface area contributed by atoms with Gasteiger partial charge in [-0.1, -0.05) is 18.2 Å². The maximum atomic E-state index is 5.73. The molecular weight excluding hydrogens is 136 g/mol. The van der Waals surface area contributed by atoms with Gasteiger partial charge in [0.25, 0.3) is 0 Å². The van der Waals surface area contributed by atoms with Crippen LogP contribution < -0.4 is 10.9 Å². The molecule has 0 aromatic heterocycles. The third-order valence-corrected chi connectivity index (χ3v) is 1.77. The molecule has 0 unspecified atom stereocenters. The van der Waals surface area contributed by atoms with Crippen molar-refractivity contribution in [2.24, 2.45) is 5.84 Å². The Hall–Kier alpha value is -1.02. The Morgan fingerprint density at radius 3 is 2.55 bits per heavy atom. The standard InChI is InChI=1S/C9H14N2/c1-3-11(10)9-7-5-4-6-8(9)2/h4-7H,3,10H2,1-2H3. The monoisotopic (exact) mass is 150 g/mol. The normalized spacial score (nSPS) is 9.73. The number of nitrogens with zero attached hydrogens (tertiary/aromatic N) is 1. The van der Waals surface area contributed by atoms with Crippen LogP contribution in [0.15, 0.2) is 24.3 Å². The number of hydrogen-bond donors (Lipinski definition) is 1. The second kappa shape index (κ2) is 3.39. The molecule has 0 amide bonds. The van der Waals surface area contributed by atoms with Gasteiger partial charge in [-0.05, 0) is 25.5 Å². The van der Waals surface area contributed by atoms with E-state index in [-0.39, 0.29) is 0 Å². The highest BCUT2D eigenvalue weighted by molar-refractivity contribution is 5.51. The summed E-state index contributed by atoms with van der Waals surface area (Å²) in [5.74, 6) is 5.73. The van der Waals surface area contributed by atoms with E-state index < -0.39 is 0 Å². The van der Waals surface area contributed by atoms with E-state index in [1.165, 1.54) is 5.56 Å². The van der Waals surface area contributed by atoms with Crippen molar-refractivity contribution >= 4 is 5.69 Å². The highest BCUT2D eigenvalue weighted by Crippen LogP contribution is 2.15. The van der Waals surface area contributed by atoms with Gasteiger partial charge in [-0.3, -0.25) is 0 Å². The first kappa shape index (κ1) is 8.08. The van der Waals surface area contributed by atoms with Crippen molar-refractivity contribution in [1.29, 1.82) is 0 Å². The van der Waals surface area contributed by atoms with Gasteiger partial charge >= 0.3 is 0 Å². The summed E-state index contributed by atoms with van der Waals surface area (Å²) in [5.41, 5.74) is 2.33. The van der Waals surface area contributed by atoms with Crippen molar-refractivity contribution in [2.45, 2.75) is 13.8 Å². The molecule has 2 heteroatoms. The highest BCUT2D eigenvalue weighted by Gasteiger charge is 1.99. The van der Waals surface area contributed by atoms with Gasteiger partial charge in [0.1, 0.15) is 0 Å².